The fourth-order valence-corrected chi connectivity index (χ4v) is 2.85. The molecule has 2 aromatic carbocycles. The molecule has 24 heavy (non-hydrogen) atoms. The van der Waals surface area contributed by atoms with Crippen LogP contribution in [0.5, 0.6) is 0 Å². The van der Waals surface area contributed by atoms with E-state index in [9.17, 15) is 9.18 Å². The minimum absolute atomic E-state index is 0.0360. The SMILES string of the molecule is O=C1CC(c2nc(-c3ccccc3)no2)CN1c1ccc(F)cc1. The molecular weight excluding hydrogens is 309 g/mol. The van der Waals surface area contributed by atoms with Gasteiger partial charge >= 0.3 is 0 Å². The van der Waals surface area contributed by atoms with Crippen LogP contribution >= 0.6 is 0 Å². The number of amides is 1. The van der Waals surface area contributed by atoms with Crippen LogP contribution in [0.4, 0.5) is 10.1 Å². The fourth-order valence-electron chi connectivity index (χ4n) is 2.85. The summed E-state index contributed by atoms with van der Waals surface area (Å²) in [7, 11) is 0. The van der Waals surface area contributed by atoms with Crippen molar-refractivity contribution in [1.29, 1.82) is 0 Å². The van der Waals surface area contributed by atoms with Crippen molar-refractivity contribution in [3.8, 4) is 11.4 Å². The predicted octanol–water partition coefficient (Wildman–Crippen LogP) is 3.40. The van der Waals surface area contributed by atoms with Crippen LogP contribution in [0.15, 0.2) is 59.1 Å². The van der Waals surface area contributed by atoms with E-state index in [1.165, 1.54) is 12.1 Å². The standard InChI is InChI=1S/C18H14FN3O2/c19-14-6-8-15(9-7-14)22-11-13(10-16(22)23)18-20-17(21-24-18)12-4-2-1-3-5-12/h1-9,13H,10-11H2. The molecule has 1 aliphatic heterocycles. The summed E-state index contributed by atoms with van der Waals surface area (Å²) in [5, 5.41) is 4.00. The van der Waals surface area contributed by atoms with Crippen molar-refractivity contribution in [2.45, 2.75) is 12.3 Å². The molecule has 1 atom stereocenters. The van der Waals surface area contributed by atoms with E-state index in [2.05, 4.69) is 10.1 Å². The van der Waals surface area contributed by atoms with Crippen LogP contribution < -0.4 is 4.90 Å². The third kappa shape index (κ3) is 2.67. The summed E-state index contributed by atoms with van der Waals surface area (Å²) in [6.45, 7) is 0.445. The molecule has 0 N–H and O–H groups in total. The quantitative estimate of drug-likeness (QED) is 0.741. The Labute approximate surface area is 137 Å². The van der Waals surface area contributed by atoms with E-state index in [4.69, 9.17) is 4.52 Å². The lowest BCUT2D eigenvalue weighted by Crippen LogP contribution is -2.24. The van der Waals surface area contributed by atoms with Gasteiger partial charge in [0.05, 0.1) is 5.92 Å². The fraction of sp³-hybridized carbons (Fsp3) is 0.167. The number of hydrogen-bond donors (Lipinski definition) is 0. The molecular formula is C18H14FN3O2. The van der Waals surface area contributed by atoms with Crippen molar-refractivity contribution in [2.24, 2.45) is 0 Å². The Bertz CT molecular complexity index is 861. The molecule has 1 unspecified atom stereocenters. The maximum absolute atomic E-state index is 13.0. The van der Waals surface area contributed by atoms with Gasteiger partial charge < -0.3 is 9.42 Å². The first-order chi connectivity index (χ1) is 11.7. The largest absolute Gasteiger partial charge is 0.339 e. The second-order valence-corrected chi connectivity index (χ2v) is 5.70. The maximum Gasteiger partial charge on any atom is 0.232 e. The molecule has 5 nitrogen and oxygen atoms in total. The van der Waals surface area contributed by atoms with Crippen LogP contribution in [0, 0.1) is 5.82 Å². The Balaban J connectivity index is 1.55. The molecule has 0 saturated carbocycles. The van der Waals surface area contributed by atoms with Gasteiger partial charge in [-0.05, 0) is 24.3 Å². The Morgan fingerprint density at radius 1 is 1.08 bits per heavy atom. The lowest BCUT2D eigenvalue weighted by molar-refractivity contribution is -0.117. The Morgan fingerprint density at radius 3 is 2.58 bits per heavy atom. The van der Waals surface area contributed by atoms with Crippen LogP contribution in [0.1, 0.15) is 18.2 Å². The molecule has 0 bridgehead atoms. The zero-order chi connectivity index (χ0) is 16.5. The van der Waals surface area contributed by atoms with E-state index in [0.29, 0.717) is 30.4 Å². The van der Waals surface area contributed by atoms with Gasteiger partial charge in [-0.3, -0.25) is 4.79 Å². The van der Waals surface area contributed by atoms with E-state index in [-0.39, 0.29) is 17.6 Å². The van der Waals surface area contributed by atoms with E-state index in [1.807, 2.05) is 30.3 Å². The molecule has 1 aromatic heterocycles. The van der Waals surface area contributed by atoms with Gasteiger partial charge in [0.25, 0.3) is 0 Å². The molecule has 2 heterocycles. The van der Waals surface area contributed by atoms with Crippen LogP contribution in [-0.4, -0.2) is 22.6 Å². The highest BCUT2D eigenvalue weighted by atomic mass is 19.1. The summed E-state index contributed by atoms with van der Waals surface area (Å²) in [5.41, 5.74) is 1.54. The Kier molecular flexibility index (Phi) is 3.57. The van der Waals surface area contributed by atoms with Crippen molar-refractivity contribution < 1.29 is 13.7 Å². The third-order valence-electron chi connectivity index (χ3n) is 4.09. The second-order valence-electron chi connectivity index (χ2n) is 5.70. The highest BCUT2D eigenvalue weighted by molar-refractivity contribution is 5.96. The molecule has 0 aliphatic carbocycles. The number of aromatic nitrogens is 2. The van der Waals surface area contributed by atoms with Gasteiger partial charge in [-0.25, -0.2) is 4.39 Å². The van der Waals surface area contributed by atoms with Gasteiger partial charge in [0, 0.05) is 24.2 Å². The van der Waals surface area contributed by atoms with E-state index >= 15 is 0 Å². The number of anilines is 1. The molecule has 1 fully saturated rings. The van der Waals surface area contributed by atoms with Crippen LogP contribution in [0.3, 0.4) is 0 Å². The second kappa shape index (κ2) is 5.88. The molecule has 3 aromatic rings. The first-order valence-corrected chi connectivity index (χ1v) is 7.65. The van der Waals surface area contributed by atoms with E-state index < -0.39 is 0 Å². The average Bonchev–Trinajstić information content (AvgIpc) is 3.23. The third-order valence-corrected chi connectivity index (χ3v) is 4.09. The summed E-state index contributed by atoms with van der Waals surface area (Å²) in [4.78, 5) is 18.3. The number of hydrogen-bond acceptors (Lipinski definition) is 4. The van der Waals surface area contributed by atoms with Crippen molar-refractivity contribution in [3.63, 3.8) is 0 Å². The maximum atomic E-state index is 13.0. The number of carbonyl (C=O) groups excluding carboxylic acids is 1. The summed E-state index contributed by atoms with van der Waals surface area (Å²) < 4.78 is 18.4. The number of nitrogens with zero attached hydrogens (tertiary/aromatic N) is 3. The predicted molar refractivity (Wildman–Crippen MR) is 85.8 cm³/mol. The first kappa shape index (κ1) is 14.6. The van der Waals surface area contributed by atoms with Gasteiger partial charge in [-0.15, -0.1) is 0 Å². The van der Waals surface area contributed by atoms with Crippen molar-refractivity contribution >= 4 is 11.6 Å². The molecule has 6 heteroatoms. The normalized spacial score (nSPS) is 17.5. The minimum atomic E-state index is -0.327. The lowest BCUT2D eigenvalue weighted by Gasteiger charge is -2.15. The summed E-state index contributed by atoms with van der Waals surface area (Å²) >= 11 is 0. The van der Waals surface area contributed by atoms with Crippen LogP contribution in [0.2, 0.25) is 0 Å². The topological polar surface area (TPSA) is 59.2 Å². The van der Waals surface area contributed by atoms with Gasteiger partial charge in [0.1, 0.15) is 5.82 Å². The minimum Gasteiger partial charge on any atom is -0.339 e. The monoisotopic (exact) mass is 323 g/mol. The summed E-state index contributed by atoms with van der Waals surface area (Å²) in [5.74, 6) is 0.440. The van der Waals surface area contributed by atoms with Gasteiger partial charge in [-0.1, -0.05) is 35.5 Å². The van der Waals surface area contributed by atoms with Crippen LogP contribution in [0.25, 0.3) is 11.4 Å². The Hall–Kier alpha value is -3.02. The van der Waals surface area contributed by atoms with Gasteiger partial charge in [0.2, 0.25) is 17.6 Å². The number of halogens is 1. The zero-order valence-electron chi connectivity index (χ0n) is 12.7. The average molecular weight is 323 g/mol. The lowest BCUT2D eigenvalue weighted by atomic mass is 10.1. The van der Waals surface area contributed by atoms with E-state index in [1.54, 1.807) is 17.0 Å². The first-order valence-electron chi connectivity index (χ1n) is 7.65. The Morgan fingerprint density at radius 2 is 1.83 bits per heavy atom. The van der Waals surface area contributed by atoms with Crippen LogP contribution in [-0.2, 0) is 4.79 Å². The molecule has 1 amide bonds. The van der Waals surface area contributed by atoms with E-state index in [0.717, 1.165) is 5.56 Å². The molecule has 1 saturated heterocycles. The molecule has 0 spiro atoms. The smallest absolute Gasteiger partial charge is 0.232 e. The number of rotatable bonds is 3. The highest BCUT2D eigenvalue weighted by Crippen LogP contribution is 2.31. The van der Waals surface area contributed by atoms with Crippen molar-refractivity contribution in [3.05, 3.63) is 66.3 Å². The van der Waals surface area contributed by atoms with Gasteiger partial charge in [-0.2, -0.15) is 4.98 Å². The molecule has 1 aliphatic rings. The zero-order valence-corrected chi connectivity index (χ0v) is 12.7. The van der Waals surface area contributed by atoms with Crippen molar-refractivity contribution in [2.75, 3.05) is 11.4 Å². The number of carbonyl (C=O) groups is 1. The highest BCUT2D eigenvalue weighted by Gasteiger charge is 2.35. The summed E-state index contributed by atoms with van der Waals surface area (Å²) in [6, 6.07) is 15.4. The summed E-state index contributed by atoms with van der Waals surface area (Å²) in [6.07, 6.45) is 0.299. The molecule has 120 valence electrons. The molecule has 4 rings (SSSR count). The van der Waals surface area contributed by atoms with Gasteiger partial charge in [0.15, 0.2) is 0 Å². The molecule has 0 radical (unpaired) electrons. The van der Waals surface area contributed by atoms with Crippen molar-refractivity contribution in [1.82, 2.24) is 10.1 Å². The number of benzene rings is 2.